The van der Waals surface area contributed by atoms with E-state index in [0.29, 0.717) is 0 Å². The number of aromatic nitrogens is 1. The number of rotatable bonds is 3. The molecule has 0 aliphatic heterocycles. The number of nitrogens with zero attached hydrogens (tertiary/aromatic N) is 1. The molecular formula is C14H13F3N2O2. The molecule has 112 valence electrons. The maximum absolute atomic E-state index is 13.0. The van der Waals surface area contributed by atoms with Gasteiger partial charge in [0.25, 0.3) is 0 Å². The Labute approximate surface area is 119 Å². The van der Waals surface area contributed by atoms with Crippen molar-refractivity contribution in [3.05, 3.63) is 53.3 Å². The van der Waals surface area contributed by atoms with Crippen LogP contribution in [0.1, 0.15) is 22.8 Å². The van der Waals surface area contributed by atoms with Crippen molar-refractivity contribution < 1.29 is 23.0 Å². The van der Waals surface area contributed by atoms with E-state index in [1.165, 1.54) is 19.2 Å². The van der Waals surface area contributed by atoms with Crippen LogP contribution in [-0.4, -0.2) is 17.2 Å². The lowest BCUT2D eigenvalue weighted by molar-refractivity contribution is -0.139. The Hall–Kier alpha value is -2.28. The van der Waals surface area contributed by atoms with E-state index in [2.05, 4.69) is 4.98 Å². The molecule has 7 heteroatoms. The average molecular weight is 298 g/mol. The summed E-state index contributed by atoms with van der Waals surface area (Å²) in [5.74, 6) is 0.281. The number of aliphatic hydroxyl groups excluding tert-OH is 1. The third-order valence-corrected chi connectivity index (χ3v) is 3.07. The number of methoxy groups -OCH3 is 1. The van der Waals surface area contributed by atoms with Gasteiger partial charge in [0.2, 0.25) is 0 Å². The van der Waals surface area contributed by atoms with Crippen molar-refractivity contribution in [3.63, 3.8) is 0 Å². The maximum Gasteiger partial charge on any atom is 0.416 e. The molecule has 0 radical (unpaired) electrons. The Bertz CT molecular complexity index is 644. The highest BCUT2D eigenvalue weighted by atomic mass is 19.4. The zero-order chi connectivity index (χ0) is 15.6. The number of hydrogen-bond acceptors (Lipinski definition) is 4. The van der Waals surface area contributed by atoms with E-state index in [0.717, 1.165) is 18.5 Å². The van der Waals surface area contributed by atoms with Crippen LogP contribution in [0.25, 0.3) is 0 Å². The van der Waals surface area contributed by atoms with E-state index in [1.54, 1.807) is 6.07 Å². The minimum Gasteiger partial charge on any atom is -0.495 e. The van der Waals surface area contributed by atoms with Crippen LogP contribution in [0, 0.1) is 0 Å². The topological polar surface area (TPSA) is 68.4 Å². The van der Waals surface area contributed by atoms with Crippen molar-refractivity contribution in [2.45, 2.75) is 12.3 Å². The highest BCUT2D eigenvalue weighted by Crippen LogP contribution is 2.38. The number of alkyl halides is 3. The molecule has 0 bridgehead atoms. The molecule has 0 saturated carbocycles. The summed E-state index contributed by atoms with van der Waals surface area (Å²) in [6, 6.07) is 5.35. The molecule has 0 fully saturated rings. The molecule has 21 heavy (non-hydrogen) atoms. The van der Waals surface area contributed by atoms with Gasteiger partial charge in [0.05, 0.1) is 18.4 Å². The number of nitrogen functional groups attached to an aromatic ring is 1. The van der Waals surface area contributed by atoms with Gasteiger partial charge in [-0.1, -0.05) is 12.1 Å². The van der Waals surface area contributed by atoms with Crippen molar-refractivity contribution in [1.82, 2.24) is 4.98 Å². The van der Waals surface area contributed by atoms with Crippen LogP contribution >= 0.6 is 0 Å². The summed E-state index contributed by atoms with van der Waals surface area (Å²) in [7, 11) is 1.38. The molecule has 1 aromatic carbocycles. The number of halogens is 3. The molecule has 1 atom stereocenters. The number of pyridine rings is 1. The summed E-state index contributed by atoms with van der Waals surface area (Å²) >= 11 is 0. The Balaban J connectivity index is 2.54. The van der Waals surface area contributed by atoms with Crippen LogP contribution < -0.4 is 10.5 Å². The van der Waals surface area contributed by atoms with E-state index in [4.69, 9.17) is 10.5 Å². The smallest absolute Gasteiger partial charge is 0.416 e. The molecule has 0 aliphatic carbocycles. The Morgan fingerprint density at radius 1 is 1.24 bits per heavy atom. The summed E-state index contributed by atoms with van der Waals surface area (Å²) in [6.45, 7) is 0. The first kappa shape index (κ1) is 15.1. The predicted octanol–water partition coefficient (Wildman–Crippen LogP) is 2.77. The standard InChI is InChI=1S/C14H13F3N2O2/c1-21-11-4-2-3-8(12(11)18)13(20)9-7-19-6-5-10(9)14(15,16)17/h2-7,13,20H,18H2,1H3. The van der Waals surface area contributed by atoms with Crippen molar-refractivity contribution in [1.29, 1.82) is 0 Å². The minimum atomic E-state index is -4.59. The molecule has 0 saturated heterocycles. The molecular weight excluding hydrogens is 285 g/mol. The number of hydrogen-bond donors (Lipinski definition) is 2. The second-order valence-corrected chi connectivity index (χ2v) is 4.33. The fourth-order valence-corrected chi connectivity index (χ4v) is 2.03. The van der Waals surface area contributed by atoms with Crippen molar-refractivity contribution in [3.8, 4) is 5.75 Å². The second kappa shape index (κ2) is 5.61. The lowest BCUT2D eigenvalue weighted by Crippen LogP contribution is -2.14. The van der Waals surface area contributed by atoms with Gasteiger partial charge < -0.3 is 15.6 Å². The summed E-state index contributed by atoms with van der Waals surface area (Å²) in [5.41, 5.74) is 4.72. The van der Waals surface area contributed by atoms with Gasteiger partial charge in [0.1, 0.15) is 11.9 Å². The number of ether oxygens (including phenoxy) is 1. The largest absolute Gasteiger partial charge is 0.495 e. The van der Waals surface area contributed by atoms with Gasteiger partial charge >= 0.3 is 6.18 Å². The Kier molecular flexibility index (Phi) is 4.04. The molecule has 1 aromatic heterocycles. The van der Waals surface area contributed by atoms with Gasteiger partial charge in [0.15, 0.2) is 0 Å². The summed E-state index contributed by atoms with van der Waals surface area (Å²) in [5, 5.41) is 10.3. The molecule has 3 N–H and O–H groups in total. The lowest BCUT2D eigenvalue weighted by atomic mass is 9.97. The number of aliphatic hydroxyl groups is 1. The number of para-hydroxylation sites is 1. The predicted molar refractivity (Wildman–Crippen MR) is 70.7 cm³/mol. The third-order valence-electron chi connectivity index (χ3n) is 3.07. The number of anilines is 1. The fourth-order valence-electron chi connectivity index (χ4n) is 2.03. The van der Waals surface area contributed by atoms with Crippen LogP contribution in [-0.2, 0) is 6.18 Å². The first-order valence-electron chi connectivity index (χ1n) is 5.97. The molecule has 2 rings (SSSR count). The molecule has 4 nitrogen and oxygen atoms in total. The molecule has 0 aliphatic rings. The number of nitrogens with two attached hydrogens (primary N) is 1. The quantitative estimate of drug-likeness (QED) is 0.855. The molecule has 1 unspecified atom stereocenters. The van der Waals surface area contributed by atoms with E-state index in [-0.39, 0.29) is 22.6 Å². The molecule has 0 amide bonds. The van der Waals surface area contributed by atoms with Crippen molar-refractivity contribution in [2.75, 3.05) is 12.8 Å². The molecule has 2 aromatic rings. The fraction of sp³-hybridized carbons (Fsp3) is 0.214. The summed E-state index contributed by atoms with van der Waals surface area (Å²) in [4.78, 5) is 3.65. The van der Waals surface area contributed by atoms with Gasteiger partial charge in [-0.2, -0.15) is 13.2 Å². The molecule has 1 heterocycles. The SMILES string of the molecule is COc1cccc(C(O)c2cnccc2C(F)(F)F)c1N. The summed E-state index contributed by atoms with van der Waals surface area (Å²) < 4.78 is 43.9. The minimum absolute atomic E-state index is 0.0875. The summed E-state index contributed by atoms with van der Waals surface area (Å²) in [6.07, 6.45) is -4.14. The first-order valence-corrected chi connectivity index (χ1v) is 5.97. The highest BCUT2D eigenvalue weighted by Gasteiger charge is 2.35. The molecule has 0 spiro atoms. The Morgan fingerprint density at radius 3 is 2.57 bits per heavy atom. The van der Waals surface area contributed by atoms with Gasteiger partial charge in [0, 0.05) is 23.5 Å². The first-order chi connectivity index (χ1) is 9.86. The zero-order valence-electron chi connectivity index (χ0n) is 11.1. The number of benzene rings is 1. The van der Waals surface area contributed by atoms with Gasteiger partial charge in [-0.05, 0) is 12.1 Å². The van der Waals surface area contributed by atoms with Crippen molar-refractivity contribution >= 4 is 5.69 Å². The Morgan fingerprint density at radius 2 is 1.95 bits per heavy atom. The average Bonchev–Trinajstić information content (AvgIpc) is 2.46. The third kappa shape index (κ3) is 2.92. The van der Waals surface area contributed by atoms with Gasteiger partial charge in [-0.25, -0.2) is 0 Å². The second-order valence-electron chi connectivity index (χ2n) is 4.33. The van der Waals surface area contributed by atoms with Gasteiger partial charge in [-0.15, -0.1) is 0 Å². The van der Waals surface area contributed by atoms with Crippen LogP contribution in [0.2, 0.25) is 0 Å². The maximum atomic E-state index is 13.0. The van der Waals surface area contributed by atoms with E-state index in [9.17, 15) is 18.3 Å². The van der Waals surface area contributed by atoms with E-state index in [1.807, 2.05) is 0 Å². The zero-order valence-corrected chi connectivity index (χ0v) is 11.1. The lowest BCUT2D eigenvalue weighted by Gasteiger charge is -2.19. The van der Waals surface area contributed by atoms with E-state index >= 15 is 0 Å². The van der Waals surface area contributed by atoms with Crippen molar-refractivity contribution in [2.24, 2.45) is 0 Å². The van der Waals surface area contributed by atoms with Crippen LogP contribution in [0.15, 0.2) is 36.7 Å². The monoisotopic (exact) mass is 298 g/mol. The van der Waals surface area contributed by atoms with Crippen LogP contribution in [0.3, 0.4) is 0 Å². The van der Waals surface area contributed by atoms with E-state index < -0.39 is 17.8 Å². The van der Waals surface area contributed by atoms with Crippen LogP contribution in [0.4, 0.5) is 18.9 Å². The highest BCUT2D eigenvalue weighted by molar-refractivity contribution is 5.60. The van der Waals surface area contributed by atoms with Gasteiger partial charge in [-0.3, -0.25) is 4.98 Å². The van der Waals surface area contributed by atoms with Crippen LogP contribution in [0.5, 0.6) is 5.75 Å². The normalized spacial score (nSPS) is 13.0.